The number of nitrogens with one attached hydrogen (secondary N) is 1. The Labute approximate surface area is 122 Å². The first-order valence-corrected chi connectivity index (χ1v) is 6.60. The molecule has 0 bridgehead atoms. The Kier molecular flexibility index (Phi) is 4.42. The van der Waals surface area contributed by atoms with E-state index >= 15 is 0 Å². The van der Waals surface area contributed by atoms with Crippen LogP contribution in [-0.2, 0) is 7.05 Å². The molecule has 7 nitrogen and oxygen atoms in total. The highest BCUT2D eigenvalue weighted by Crippen LogP contribution is 2.26. The molecule has 2 rings (SSSR count). The summed E-state index contributed by atoms with van der Waals surface area (Å²) in [4.78, 5) is 10.6. The summed E-state index contributed by atoms with van der Waals surface area (Å²) >= 11 is 0. The van der Waals surface area contributed by atoms with Crippen molar-refractivity contribution < 1.29 is 9.66 Å². The highest BCUT2D eigenvalue weighted by molar-refractivity contribution is 5.59. The molecule has 1 N–H and O–H groups in total. The van der Waals surface area contributed by atoms with Crippen molar-refractivity contribution in [2.45, 2.75) is 13.8 Å². The van der Waals surface area contributed by atoms with Gasteiger partial charge < -0.3 is 10.1 Å². The number of benzene rings is 1. The third-order valence-electron chi connectivity index (χ3n) is 3.03. The fraction of sp³-hybridized carbons (Fsp3) is 0.357. The number of nitrogens with zero attached hydrogens (tertiary/aromatic N) is 3. The van der Waals surface area contributed by atoms with E-state index in [4.69, 9.17) is 4.74 Å². The summed E-state index contributed by atoms with van der Waals surface area (Å²) in [5.74, 6) is 1.18. The second-order valence-electron chi connectivity index (χ2n) is 4.76. The molecule has 0 saturated heterocycles. The van der Waals surface area contributed by atoms with E-state index in [1.807, 2.05) is 31.2 Å². The van der Waals surface area contributed by atoms with Crippen LogP contribution in [0.15, 0.2) is 24.3 Å². The highest BCUT2D eigenvalue weighted by atomic mass is 16.6. The van der Waals surface area contributed by atoms with Gasteiger partial charge in [0.1, 0.15) is 18.1 Å². The summed E-state index contributed by atoms with van der Waals surface area (Å²) in [6.07, 6.45) is 0. The van der Waals surface area contributed by atoms with Crippen molar-refractivity contribution in [1.29, 1.82) is 0 Å². The van der Waals surface area contributed by atoms with Crippen LogP contribution in [0, 0.1) is 24.0 Å². The van der Waals surface area contributed by atoms with E-state index in [0.29, 0.717) is 24.7 Å². The van der Waals surface area contributed by atoms with Gasteiger partial charge >= 0.3 is 5.69 Å². The maximum atomic E-state index is 11.0. The molecule has 0 radical (unpaired) electrons. The number of hydrogen-bond acceptors (Lipinski definition) is 5. The topological polar surface area (TPSA) is 82.2 Å². The molecule has 7 heteroatoms. The maximum Gasteiger partial charge on any atom is 0.333 e. The predicted molar refractivity (Wildman–Crippen MR) is 79.8 cm³/mol. The molecule has 0 fully saturated rings. The second-order valence-corrected chi connectivity index (χ2v) is 4.76. The van der Waals surface area contributed by atoms with Gasteiger partial charge in [0.25, 0.3) is 0 Å². The normalized spacial score (nSPS) is 10.4. The average molecular weight is 290 g/mol. The van der Waals surface area contributed by atoms with Gasteiger partial charge in [-0.25, -0.2) is 4.68 Å². The van der Waals surface area contributed by atoms with E-state index < -0.39 is 4.92 Å². The van der Waals surface area contributed by atoms with Gasteiger partial charge in [0, 0.05) is 7.05 Å². The Balaban J connectivity index is 1.94. The lowest BCUT2D eigenvalue weighted by Gasteiger charge is -2.08. The van der Waals surface area contributed by atoms with Crippen molar-refractivity contribution >= 4 is 11.5 Å². The Morgan fingerprint density at radius 2 is 2.19 bits per heavy atom. The molecule has 112 valence electrons. The molecule has 0 unspecified atom stereocenters. The van der Waals surface area contributed by atoms with E-state index in [0.717, 1.165) is 11.3 Å². The molecule has 1 aromatic carbocycles. The van der Waals surface area contributed by atoms with Gasteiger partial charge in [-0.05, 0) is 31.5 Å². The summed E-state index contributed by atoms with van der Waals surface area (Å²) in [6.45, 7) is 4.47. The molecule has 0 atom stereocenters. The van der Waals surface area contributed by atoms with Gasteiger partial charge in [-0.2, -0.15) is 5.10 Å². The van der Waals surface area contributed by atoms with E-state index in [1.165, 1.54) is 4.68 Å². The van der Waals surface area contributed by atoms with E-state index in [-0.39, 0.29) is 5.69 Å². The fourth-order valence-electron chi connectivity index (χ4n) is 2.11. The lowest BCUT2D eigenvalue weighted by Crippen LogP contribution is -2.14. The molecule has 0 saturated carbocycles. The first kappa shape index (κ1) is 14.8. The van der Waals surface area contributed by atoms with Crippen molar-refractivity contribution in [2.24, 2.45) is 7.05 Å². The van der Waals surface area contributed by atoms with Crippen LogP contribution in [0.3, 0.4) is 0 Å². The Bertz CT molecular complexity index is 652. The van der Waals surface area contributed by atoms with Gasteiger partial charge in [-0.3, -0.25) is 10.1 Å². The van der Waals surface area contributed by atoms with Gasteiger partial charge in [0.05, 0.1) is 11.5 Å². The van der Waals surface area contributed by atoms with Crippen LogP contribution >= 0.6 is 0 Å². The molecule has 0 aliphatic heterocycles. The highest BCUT2D eigenvalue weighted by Gasteiger charge is 2.23. The van der Waals surface area contributed by atoms with Crippen molar-refractivity contribution in [3.05, 3.63) is 45.6 Å². The molecule has 0 amide bonds. The lowest BCUT2D eigenvalue weighted by atomic mass is 10.2. The number of rotatable bonds is 6. The van der Waals surface area contributed by atoms with Crippen LogP contribution in [0.4, 0.5) is 11.5 Å². The molecular formula is C14H18N4O3. The predicted octanol–water partition coefficient (Wildman–Crippen LogP) is 2.44. The molecular weight excluding hydrogens is 272 g/mol. The maximum absolute atomic E-state index is 11.0. The quantitative estimate of drug-likeness (QED) is 0.502. The van der Waals surface area contributed by atoms with Crippen molar-refractivity contribution in [1.82, 2.24) is 9.78 Å². The minimum Gasteiger partial charge on any atom is -0.492 e. The third kappa shape index (κ3) is 3.50. The lowest BCUT2D eigenvalue weighted by molar-refractivity contribution is -0.384. The number of anilines is 1. The van der Waals surface area contributed by atoms with E-state index in [1.54, 1.807) is 14.0 Å². The number of aromatic nitrogens is 2. The van der Waals surface area contributed by atoms with Crippen LogP contribution in [0.25, 0.3) is 0 Å². The Morgan fingerprint density at radius 1 is 1.43 bits per heavy atom. The SMILES string of the molecule is Cc1cccc(OCCNc2c([N+](=O)[O-])c(C)nn2C)c1. The van der Waals surface area contributed by atoms with E-state index in [9.17, 15) is 10.1 Å². The zero-order valence-corrected chi connectivity index (χ0v) is 12.3. The van der Waals surface area contributed by atoms with Crippen LogP contribution in [0.5, 0.6) is 5.75 Å². The summed E-state index contributed by atoms with van der Waals surface area (Å²) in [5.41, 5.74) is 1.52. The smallest absolute Gasteiger partial charge is 0.333 e. The summed E-state index contributed by atoms with van der Waals surface area (Å²) in [6, 6.07) is 7.74. The largest absolute Gasteiger partial charge is 0.492 e. The minimum atomic E-state index is -0.425. The van der Waals surface area contributed by atoms with E-state index in [2.05, 4.69) is 10.4 Å². The van der Waals surface area contributed by atoms with Crippen LogP contribution in [0.1, 0.15) is 11.3 Å². The first-order chi connectivity index (χ1) is 9.99. The van der Waals surface area contributed by atoms with Gasteiger partial charge in [0.2, 0.25) is 5.82 Å². The zero-order valence-electron chi connectivity index (χ0n) is 12.3. The zero-order chi connectivity index (χ0) is 15.4. The second kappa shape index (κ2) is 6.25. The van der Waals surface area contributed by atoms with Gasteiger partial charge in [0.15, 0.2) is 0 Å². The Hall–Kier alpha value is -2.57. The monoisotopic (exact) mass is 290 g/mol. The van der Waals surface area contributed by atoms with Crippen LogP contribution < -0.4 is 10.1 Å². The number of hydrogen-bond donors (Lipinski definition) is 1. The van der Waals surface area contributed by atoms with Gasteiger partial charge in [-0.1, -0.05) is 12.1 Å². The van der Waals surface area contributed by atoms with Crippen LogP contribution in [0.2, 0.25) is 0 Å². The molecule has 0 spiro atoms. The Morgan fingerprint density at radius 3 is 2.86 bits per heavy atom. The van der Waals surface area contributed by atoms with Crippen LogP contribution in [-0.4, -0.2) is 27.9 Å². The molecule has 1 heterocycles. The summed E-state index contributed by atoms with van der Waals surface area (Å²) in [7, 11) is 1.67. The summed E-state index contributed by atoms with van der Waals surface area (Å²) < 4.78 is 7.07. The fourth-order valence-corrected chi connectivity index (χ4v) is 2.11. The van der Waals surface area contributed by atoms with Crippen molar-refractivity contribution in [3.63, 3.8) is 0 Å². The third-order valence-corrected chi connectivity index (χ3v) is 3.03. The standard InChI is InChI=1S/C14H18N4O3/c1-10-5-4-6-12(9-10)21-8-7-15-14-13(18(19)20)11(2)16-17(14)3/h4-6,9,15H,7-8H2,1-3H3. The number of ether oxygens (including phenoxy) is 1. The first-order valence-electron chi connectivity index (χ1n) is 6.60. The molecule has 0 aliphatic carbocycles. The number of nitro groups is 1. The molecule has 0 aliphatic rings. The number of aryl methyl sites for hydroxylation is 3. The van der Waals surface area contributed by atoms with Gasteiger partial charge in [-0.15, -0.1) is 0 Å². The average Bonchev–Trinajstić information content (AvgIpc) is 2.69. The van der Waals surface area contributed by atoms with Crippen molar-refractivity contribution in [2.75, 3.05) is 18.5 Å². The molecule has 1 aromatic heterocycles. The molecule has 2 aromatic rings. The minimum absolute atomic E-state index is 0.00746. The molecule has 21 heavy (non-hydrogen) atoms. The van der Waals surface area contributed by atoms with Crippen molar-refractivity contribution in [3.8, 4) is 5.75 Å². The summed E-state index contributed by atoms with van der Waals surface area (Å²) in [5, 5.41) is 18.1.